The van der Waals surface area contributed by atoms with Gasteiger partial charge >= 0.3 is 8.56 Å². The van der Waals surface area contributed by atoms with E-state index in [2.05, 4.69) is 33.9 Å². The summed E-state index contributed by atoms with van der Waals surface area (Å²) in [5.74, 6) is 0.695. The first-order valence-corrected chi connectivity index (χ1v) is 16.1. The summed E-state index contributed by atoms with van der Waals surface area (Å²) in [6.07, 6.45) is 25.1. The van der Waals surface area contributed by atoms with Crippen LogP contribution in [-0.2, 0) is 8.85 Å². The molecule has 0 spiro atoms. The zero-order valence-corrected chi connectivity index (χ0v) is 22.0. The Kier molecular flexibility index (Phi) is 21.5. The molecule has 0 saturated carbocycles. The molecule has 0 radical (unpaired) electrons. The van der Waals surface area contributed by atoms with Crippen LogP contribution in [0.2, 0.25) is 13.1 Å². The monoisotopic (exact) mass is 428 g/mol. The van der Waals surface area contributed by atoms with Crippen molar-refractivity contribution >= 4 is 8.56 Å². The van der Waals surface area contributed by atoms with Crippen molar-refractivity contribution in [2.24, 2.45) is 5.92 Å². The molecule has 0 unspecified atom stereocenters. The van der Waals surface area contributed by atoms with Gasteiger partial charge in [-0.05, 0) is 25.4 Å². The van der Waals surface area contributed by atoms with Crippen LogP contribution in [0.3, 0.4) is 0 Å². The molecule has 0 aliphatic rings. The van der Waals surface area contributed by atoms with Crippen LogP contribution in [0.4, 0.5) is 0 Å². The van der Waals surface area contributed by atoms with Crippen molar-refractivity contribution < 1.29 is 8.85 Å². The first kappa shape index (κ1) is 29.1. The van der Waals surface area contributed by atoms with Gasteiger partial charge in [-0.15, -0.1) is 0 Å². The molecule has 29 heavy (non-hydrogen) atoms. The molecule has 0 atom stereocenters. The van der Waals surface area contributed by atoms with Crippen molar-refractivity contribution in [1.82, 2.24) is 0 Å². The highest BCUT2D eigenvalue weighted by atomic mass is 28.4. The lowest BCUT2D eigenvalue weighted by molar-refractivity contribution is 0.148. The highest BCUT2D eigenvalue weighted by Gasteiger charge is 2.25. The van der Waals surface area contributed by atoms with Gasteiger partial charge in [0.15, 0.2) is 0 Å². The van der Waals surface area contributed by atoms with E-state index in [4.69, 9.17) is 8.85 Å². The molecule has 3 heteroatoms. The van der Waals surface area contributed by atoms with Crippen LogP contribution < -0.4 is 0 Å². The van der Waals surface area contributed by atoms with Gasteiger partial charge in [-0.3, -0.25) is 0 Å². The first-order chi connectivity index (χ1) is 14.1. The quantitative estimate of drug-likeness (QED) is 0.119. The van der Waals surface area contributed by atoms with Crippen LogP contribution in [0.25, 0.3) is 0 Å². The maximum Gasteiger partial charge on any atom is 0.331 e. The largest absolute Gasteiger partial charge is 0.395 e. The second-order valence-electron chi connectivity index (χ2n) is 9.55. The van der Waals surface area contributed by atoms with E-state index < -0.39 is 8.56 Å². The lowest BCUT2D eigenvalue weighted by atomic mass is 10.0. The Hall–Kier alpha value is 0.137. The molecule has 176 valence electrons. The SMILES string of the molecule is CCCCCCCCCCCCCCCCCCO[Si](C)(C)OCC(CC)CC. The van der Waals surface area contributed by atoms with Gasteiger partial charge in [0.25, 0.3) is 0 Å². The van der Waals surface area contributed by atoms with Gasteiger partial charge in [-0.2, -0.15) is 0 Å². The van der Waals surface area contributed by atoms with Crippen LogP contribution >= 0.6 is 0 Å². The molecule has 0 saturated heterocycles. The molecule has 0 amide bonds. The molecule has 0 N–H and O–H groups in total. The first-order valence-electron chi connectivity index (χ1n) is 13.3. The van der Waals surface area contributed by atoms with Crippen molar-refractivity contribution in [3.63, 3.8) is 0 Å². The van der Waals surface area contributed by atoms with E-state index >= 15 is 0 Å². The highest BCUT2D eigenvalue weighted by molar-refractivity contribution is 6.64. The van der Waals surface area contributed by atoms with E-state index in [0.29, 0.717) is 5.92 Å². The van der Waals surface area contributed by atoms with Gasteiger partial charge in [0.2, 0.25) is 0 Å². The summed E-state index contributed by atoms with van der Waals surface area (Å²) in [4.78, 5) is 0. The van der Waals surface area contributed by atoms with Gasteiger partial charge in [-0.1, -0.05) is 130 Å². The molecule has 0 aliphatic heterocycles. The van der Waals surface area contributed by atoms with Crippen molar-refractivity contribution in [2.75, 3.05) is 13.2 Å². The fourth-order valence-corrected chi connectivity index (χ4v) is 5.21. The predicted molar refractivity (Wildman–Crippen MR) is 133 cm³/mol. The standard InChI is InChI=1S/C26H56O2Si/c1-6-9-10-11-12-13-14-15-16-17-18-19-20-21-22-23-24-27-29(4,5)28-25-26(7-2)8-3/h26H,6-25H2,1-5H3. The Morgan fingerprint density at radius 3 is 1.28 bits per heavy atom. The van der Waals surface area contributed by atoms with E-state index in [0.717, 1.165) is 13.2 Å². The summed E-state index contributed by atoms with van der Waals surface area (Å²) >= 11 is 0. The summed E-state index contributed by atoms with van der Waals surface area (Å²) in [5.41, 5.74) is 0. The van der Waals surface area contributed by atoms with Crippen LogP contribution in [0.5, 0.6) is 0 Å². The Morgan fingerprint density at radius 1 is 0.517 bits per heavy atom. The maximum absolute atomic E-state index is 6.12. The molecule has 0 bridgehead atoms. The van der Waals surface area contributed by atoms with E-state index in [-0.39, 0.29) is 0 Å². The van der Waals surface area contributed by atoms with Crippen LogP contribution in [0.1, 0.15) is 136 Å². The molecule has 0 aliphatic carbocycles. The summed E-state index contributed by atoms with van der Waals surface area (Å²) in [6.45, 7) is 13.0. The predicted octanol–water partition coefficient (Wildman–Crippen LogP) is 9.42. The summed E-state index contributed by atoms with van der Waals surface area (Å²) < 4.78 is 12.2. The molecule has 0 heterocycles. The lowest BCUT2D eigenvalue weighted by Gasteiger charge is -2.25. The summed E-state index contributed by atoms with van der Waals surface area (Å²) in [7, 11) is -1.91. The molecule has 0 aromatic rings. The Bertz CT molecular complexity index is 316. The second kappa shape index (κ2) is 21.4. The Labute approximate surface area is 186 Å². The number of hydrogen-bond donors (Lipinski definition) is 0. The molecule has 0 aromatic carbocycles. The molecule has 0 aromatic heterocycles. The zero-order valence-electron chi connectivity index (χ0n) is 21.0. The van der Waals surface area contributed by atoms with Crippen LogP contribution in [-0.4, -0.2) is 21.8 Å². The zero-order chi connectivity index (χ0) is 21.6. The van der Waals surface area contributed by atoms with Gasteiger partial charge < -0.3 is 8.85 Å². The third-order valence-corrected chi connectivity index (χ3v) is 8.03. The number of hydrogen-bond acceptors (Lipinski definition) is 2. The van der Waals surface area contributed by atoms with Crippen molar-refractivity contribution in [2.45, 2.75) is 149 Å². The fourth-order valence-electron chi connectivity index (χ4n) is 3.85. The third-order valence-electron chi connectivity index (χ3n) is 6.27. The molecular weight excluding hydrogens is 372 g/mol. The van der Waals surface area contributed by atoms with Crippen molar-refractivity contribution in [1.29, 1.82) is 0 Å². The third kappa shape index (κ3) is 21.2. The van der Waals surface area contributed by atoms with Gasteiger partial charge in [-0.25, -0.2) is 0 Å². The second-order valence-corrected chi connectivity index (χ2v) is 12.9. The topological polar surface area (TPSA) is 18.5 Å². The highest BCUT2D eigenvalue weighted by Crippen LogP contribution is 2.16. The van der Waals surface area contributed by atoms with Gasteiger partial charge in [0.05, 0.1) is 0 Å². The van der Waals surface area contributed by atoms with Gasteiger partial charge in [0.1, 0.15) is 0 Å². The van der Waals surface area contributed by atoms with E-state index in [1.807, 2.05) is 0 Å². The van der Waals surface area contributed by atoms with Crippen LogP contribution in [0.15, 0.2) is 0 Å². The lowest BCUT2D eigenvalue weighted by Crippen LogP contribution is -2.36. The summed E-state index contributed by atoms with van der Waals surface area (Å²) in [5, 5.41) is 0. The fraction of sp³-hybridized carbons (Fsp3) is 1.00. The van der Waals surface area contributed by atoms with Gasteiger partial charge in [0, 0.05) is 13.2 Å². The van der Waals surface area contributed by atoms with E-state index in [1.54, 1.807) is 0 Å². The van der Waals surface area contributed by atoms with E-state index in [9.17, 15) is 0 Å². The molecule has 0 rings (SSSR count). The molecule has 2 nitrogen and oxygen atoms in total. The van der Waals surface area contributed by atoms with Crippen molar-refractivity contribution in [3.8, 4) is 0 Å². The minimum absolute atomic E-state index is 0.695. The van der Waals surface area contributed by atoms with E-state index in [1.165, 1.54) is 116 Å². The molecular formula is C26H56O2Si. The maximum atomic E-state index is 6.12. The smallest absolute Gasteiger partial charge is 0.331 e. The summed E-state index contributed by atoms with van der Waals surface area (Å²) in [6, 6.07) is 0. The Morgan fingerprint density at radius 2 is 0.897 bits per heavy atom. The minimum atomic E-state index is -1.91. The average molecular weight is 429 g/mol. The molecule has 0 fully saturated rings. The van der Waals surface area contributed by atoms with Crippen molar-refractivity contribution in [3.05, 3.63) is 0 Å². The average Bonchev–Trinajstić information content (AvgIpc) is 2.71. The number of unbranched alkanes of at least 4 members (excludes halogenated alkanes) is 15. The minimum Gasteiger partial charge on any atom is -0.395 e. The van der Waals surface area contributed by atoms with Crippen LogP contribution in [0, 0.1) is 5.92 Å². The number of rotatable bonds is 23. The normalized spacial score (nSPS) is 12.2. The Balaban J connectivity index is 3.29.